The molecule has 0 saturated carbocycles. The molecular formula is C59H43BN2O. The van der Waals surface area contributed by atoms with E-state index in [4.69, 9.17) is 4.74 Å². The Morgan fingerprint density at radius 1 is 0.460 bits per heavy atom. The van der Waals surface area contributed by atoms with Crippen LogP contribution in [0.1, 0.15) is 31.9 Å². The molecule has 0 aromatic heterocycles. The molecule has 0 unspecified atom stereocenters. The van der Waals surface area contributed by atoms with Gasteiger partial charge >= 0.3 is 0 Å². The fraction of sp³-hybridized carbons (Fsp3) is 0.0678. The molecule has 9 aromatic carbocycles. The lowest BCUT2D eigenvalue weighted by Gasteiger charge is -2.43. The first-order chi connectivity index (χ1) is 30.9. The molecule has 4 heteroatoms. The van der Waals surface area contributed by atoms with Gasteiger partial charge in [-0.1, -0.05) is 203 Å². The minimum absolute atomic E-state index is 0.230. The first-order valence-corrected chi connectivity index (χ1v) is 21.7. The van der Waals surface area contributed by atoms with Gasteiger partial charge in [-0.15, -0.1) is 0 Å². The number of hydrogen-bond acceptors (Lipinski definition) is 3. The summed E-state index contributed by atoms with van der Waals surface area (Å²) in [7, 11) is 0. The SMILES string of the molecule is CC(C)(C)c1cc2c3c(c1)N(c1c(-c4ccccc4)cccc1-c1ccccc1)c1c(cc(-c4ccccc4)cc1-c1ccccc1)B3c1cc(-c3ccccc3)cc(C#N)c1O2. The zero-order valence-corrected chi connectivity index (χ0v) is 35.5. The molecule has 11 rings (SSSR count). The van der Waals surface area contributed by atoms with Crippen molar-refractivity contribution in [3.63, 3.8) is 0 Å². The van der Waals surface area contributed by atoms with E-state index in [1.807, 2.05) is 12.1 Å². The molecule has 0 N–H and O–H groups in total. The van der Waals surface area contributed by atoms with Gasteiger partial charge in [0.15, 0.2) is 0 Å². The van der Waals surface area contributed by atoms with Gasteiger partial charge < -0.3 is 9.64 Å². The fourth-order valence-corrected chi connectivity index (χ4v) is 9.65. The summed E-state index contributed by atoms with van der Waals surface area (Å²) in [6, 6.07) is 76.4. The van der Waals surface area contributed by atoms with Gasteiger partial charge in [0.25, 0.3) is 6.71 Å². The average molecular weight is 807 g/mol. The van der Waals surface area contributed by atoms with Crippen molar-refractivity contribution >= 4 is 40.2 Å². The first kappa shape index (κ1) is 38.1. The van der Waals surface area contributed by atoms with Crippen LogP contribution in [0.3, 0.4) is 0 Å². The van der Waals surface area contributed by atoms with Crippen molar-refractivity contribution in [1.82, 2.24) is 0 Å². The minimum Gasteiger partial charge on any atom is -0.457 e. The number of nitriles is 1. The smallest absolute Gasteiger partial charge is 0.256 e. The van der Waals surface area contributed by atoms with Crippen LogP contribution < -0.4 is 26.0 Å². The maximum absolute atomic E-state index is 10.9. The summed E-state index contributed by atoms with van der Waals surface area (Å²) < 4.78 is 7.18. The van der Waals surface area contributed by atoms with Gasteiger partial charge in [-0.3, -0.25) is 0 Å². The van der Waals surface area contributed by atoms with E-state index in [1.165, 1.54) is 0 Å². The molecular weight excluding hydrogens is 763 g/mol. The second-order valence-electron chi connectivity index (χ2n) is 17.6. The predicted molar refractivity (Wildman–Crippen MR) is 263 cm³/mol. The maximum Gasteiger partial charge on any atom is 0.256 e. The Hall–Kier alpha value is -7.87. The van der Waals surface area contributed by atoms with E-state index in [0.717, 1.165) is 100 Å². The Morgan fingerprint density at radius 3 is 1.44 bits per heavy atom. The fourth-order valence-electron chi connectivity index (χ4n) is 9.65. The van der Waals surface area contributed by atoms with Crippen LogP contribution in [0, 0.1) is 11.3 Å². The largest absolute Gasteiger partial charge is 0.457 e. The molecule has 0 spiro atoms. The molecule has 2 aliphatic rings. The van der Waals surface area contributed by atoms with Crippen LogP contribution in [0.4, 0.5) is 17.1 Å². The number of anilines is 3. The summed E-state index contributed by atoms with van der Waals surface area (Å²) in [4.78, 5) is 2.56. The number of nitrogens with zero attached hydrogens (tertiary/aromatic N) is 2. The molecule has 0 amide bonds. The van der Waals surface area contributed by atoms with Crippen LogP contribution >= 0.6 is 0 Å². The van der Waals surface area contributed by atoms with Gasteiger partial charge in [-0.25, -0.2) is 0 Å². The van der Waals surface area contributed by atoms with E-state index in [0.29, 0.717) is 11.3 Å². The van der Waals surface area contributed by atoms with Crippen LogP contribution in [0.25, 0.3) is 55.6 Å². The molecule has 2 heterocycles. The zero-order chi connectivity index (χ0) is 42.7. The molecule has 3 nitrogen and oxygen atoms in total. The molecule has 0 atom stereocenters. The van der Waals surface area contributed by atoms with E-state index in [-0.39, 0.29) is 12.1 Å². The lowest BCUT2D eigenvalue weighted by Crippen LogP contribution is -2.60. The molecule has 0 bridgehead atoms. The quantitative estimate of drug-likeness (QED) is 0.157. The number of para-hydroxylation sites is 1. The molecule has 0 aliphatic carbocycles. The Morgan fingerprint density at radius 2 is 0.937 bits per heavy atom. The van der Waals surface area contributed by atoms with Crippen LogP contribution in [-0.2, 0) is 5.41 Å². The third-order valence-electron chi connectivity index (χ3n) is 12.7. The van der Waals surface area contributed by atoms with Crippen molar-refractivity contribution in [2.75, 3.05) is 4.90 Å². The summed E-state index contributed by atoms with van der Waals surface area (Å²) >= 11 is 0. The average Bonchev–Trinajstić information content (AvgIpc) is 3.34. The van der Waals surface area contributed by atoms with Crippen molar-refractivity contribution in [3.05, 3.63) is 217 Å². The summed E-state index contributed by atoms with van der Waals surface area (Å²) in [5.74, 6) is 1.39. The summed E-state index contributed by atoms with van der Waals surface area (Å²) in [6.07, 6.45) is 0. The third kappa shape index (κ3) is 6.53. The van der Waals surface area contributed by atoms with Gasteiger partial charge in [0.2, 0.25) is 0 Å². The van der Waals surface area contributed by atoms with Crippen LogP contribution in [0.15, 0.2) is 206 Å². The predicted octanol–water partition coefficient (Wildman–Crippen LogP) is 13.6. The number of rotatable bonds is 6. The maximum atomic E-state index is 10.9. The molecule has 0 radical (unpaired) electrons. The van der Waals surface area contributed by atoms with Gasteiger partial charge in [-0.2, -0.15) is 5.26 Å². The van der Waals surface area contributed by atoms with Gasteiger partial charge in [0, 0.05) is 28.1 Å². The van der Waals surface area contributed by atoms with E-state index < -0.39 is 0 Å². The number of ether oxygens (including phenoxy) is 1. The molecule has 2 aliphatic heterocycles. The van der Waals surface area contributed by atoms with Gasteiger partial charge in [0.1, 0.15) is 17.6 Å². The van der Waals surface area contributed by atoms with E-state index in [9.17, 15) is 5.26 Å². The second-order valence-corrected chi connectivity index (χ2v) is 17.6. The Kier molecular flexibility index (Phi) is 9.21. The van der Waals surface area contributed by atoms with Crippen molar-refractivity contribution in [2.24, 2.45) is 0 Å². The topological polar surface area (TPSA) is 36.3 Å². The zero-order valence-electron chi connectivity index (χ0n) is 35.5. The third-order valence-corrected chi connectivity index (χ3v) is 12.7. The highest BCUT2D eigenvalue weighted by Gasteiger charge is 2.45. The molecule has 9 aromatic rings. The molecule has 0 saturated heterocycles. The second kappa shape index (κ2) is 15.2. The van der Waals surface area contributed by atoms with Crippen LogP contribution in [0.5, 0.6) is 11.5 Å². The van der Waals surface area contributed by atoms with Crippen molar-refractivity contribution in [3.8, 4) is 73.2 Å². The minimum atomic E-state index is -0.273. The Bertz CT molecular complexity index is 3170. The molecule has 63 heavy (non-hydrogen) atoms. The lowest BCUT2D eigenvalue weighted by molar-refractivity contribution is 0.482. The van der Waals surface area contributed by atoms with E-state index in [2.05, 4.69) is 226 Å². The lowest BCUT2D eigenvalue weighted by atomic mass is 9.33. The van der Waals surface area contributed by atoms with Crippen molar-refractivity contribution in [2.45, 2.75) is 26.2 Å². The molecule has 298 valence electrons. The van der Waals surface area contributed by atoms with Gasteiger partial charge in [0.05, 0.1) is 11.3 Å². The summed E-state index contributed by atoms with van der Waals surface area (Å²) in [6.45, 7) is 6.51. The van der Waals surface area contributed by atoms with E-state index >= 15 is 0 Å². The van der Waals surface area contributed by atoms with E-state index in [1.54, 1.807) is 0 Å². The first-order valence-electron chi connectivity index (χ1n) is 21.7. The highest BCUT2D eigenvalue weighted by atomic mass is 16.5. The Labute approximate surface area is 370 Å². The van der Waals surface area contributed by atoms with Crippen molar-refractivity contribution in [1.29, 1.82) is 5.26 Å². The number of fused-ring (bicyclic) bond motifs is 4. The Balaban J connectivity index is 1.34. The van der Waals surface area contributed by atoms with Gasteiger partial charge in [-0.05, 0) is 90.6 Å². The summed E-state index contributed by atoms with van der Waals surface area (Å²) in [5.41, 5.74) is 18.9. The number of benzene rings is 9. The monoisotopic (exact) mass is 806 g/mol. The highest BCUT2D eigenvalue weighted by molar-refractivity contribution is 6.99. The summed E-state index contributed by atoms with van der Waals surface area (Å²) in [5, 5.41) is 10.9. The van der Waals surface area contributed by atoms with Crippen LogP contribution in [0.2, 0.25) is 0 Å². The molecule has 0 fully saturated rings. The standard InChI is InChI=1S/C59H43BN2O/c1-59(2,3)47-36-53-55-54(37-47)63-58-46(38-61)32-44(39-20-9-4-10-21-39)35-52(58)60(55)51-34-45(40-22-11-5-12-23-40)33-50(43-28-17-8-18-29-43)57(51)62(53)56-48(41-24-13-6-14-25-41)30-19-31-49(56)42-26-15-7-16-27-42/h4-37H,1-3H3. The number of hydrogen-bond donors (Lipinski definition) is 0. The van der Waals surface area contributed by atoms with Crippen LogP contribution in [-0.4, -0.2) is 6.71 Å². The van der Waals surface area contributed by atoms with Crippen molar-refractivity contribution < 1.29 is 4.74 Å². The highest BCUT2D eigenvalue weighted by Crippen LogP contribution is 2.52. The normalized spacial score (nSPS) is 12.4.